The number of rotatable bonds is 7. The summed E-state index contributed by atoms with van der Waals surface area (Å²) in [7, 11) is 0. The molecule has 0 fully saturated rings. The largest absolute Gasteiger partial charge is 0.349 e. The van der Waals surface area contributed by atoms with E-state index in [2.05, 4.69) is 31.3 Å². The van der Waals surface area contributed by atoms with Gasteiger partial charge in [-0.15, -0.1) is 11.8 Å². The van der Waals surface area contributed by atoms with E-state index in [9.17, 15) is 14.9 Å². The van der Waals surface area contributed by atoms with Gasteiger partial charge in [0.1, 0.15) is 0 Å². The molecule has 25 heavy (non-hydrogen) atoms. The Morgan fingerprint density at radius 3 is 2.44 bits per heavy atom. The van der Waals surface area contributed by atoms with Crippen LogP contribution < -0.4 is 5.32 Å². The zero-order valence-electron chi connectivity index (χ0n) is 14.6. The standard InChI is InChI=1S/C19H22N2O3S/c1-13-4-7-17(10-14(13)2)15(3)20-19(22)12-25-11-16-5-8-18(9-6-16)21(23)24/h4-10,15H,11-12H2,1-3H3,(H,20,22). The van der Waals surface area contributed by atoms with Crippen molar-refractivity contribution < 1.29 is 9.72 Å². The number of nitro groups is 1. The fourth-order valence-electron chi connectivity index (χ4n) is 2.38. The molecule has 0 radical (unpaired) electrons. The van der Waals surface area contributed by atoms with Gasteiger partial charge >= 0.3 is 0 Å². The average Bonchev–Trinajstić information content (AvgIpc) is 2.57. The van der Waals surface area contributed by atoms with Gasteiger partial charge in [-0.05, 0) is 43.0 Å². The molecule has 2 aromatic rings. The maximum atomic E-state index is 12.1. The quantitative estimate of drug-likeness (QED) is 0.591. The highest BCUT2D eigenvalue weighted by Crippen LogP contribution is 2.19. The molecule has 1 amide bonds. The van der Waals surface area contributed by atoms with E-state index in [1.165, 1.54) is 35.0 Å². The van der Waals surface area contributed by atoms with Crippen LogP contribution in [0.25, 0.3) is 0 Å². The maximum absolute atomic E-state index is 12.1. The number of amides is 1. The van der Waals surface area contributed by atoms with Crippen LogP contribution in [-0.2, 0) is 10.5 Å². The second-order valence-electron chi connectivity index (χ2n) is 6.05. The zero-order valence-corrected chi connectivity index (χ0v) is 15.4. The number of nitrogens with zero attached hydrogens (tertiary/aromatic N) is 1. The molecule has 0 aromatic heterocycles. The Morgan fingerprint density at radius 1 is 1.16 bits per heavy atom. The van der Waals surface area contributed by atoms with E-state index in [1.54, 1.807) is 12.1 Å². The van der Waals surface area contributed by atoms with E-state index in [0.717, 1.165) is 11.1 Å². The number of carbonyl (C=O) groups excluding carboxylic acids is 1. The summed E-state index contributed by atoms with van der Waals surface area (Å²) < 4.78 is 0. The summed E-state index contributed by atoms with van der Waals surface area (Å²) in [5, 5.41) is 13.6. The van der Waals surface area contributed by atoms with Crippen LogP contribution in [0.5, 0.6) is 0 Å². The molecule has 5 nitrogen and oxygen atoms in total. The minimum absolute atomic E-state index is 0.0161. The number of carbonyl (C=O) groups is 1. The molecular formula is C19H22N2O3S. The molecule has 0 aliphatic carbocycles. The highest BCUT2D eigenvalue weighted by Gasteiger charge is 2.11. The number of nitro benzene ring substituents is 1. The number of hydrogen-bond acceptors (Lipinski definition) is 4. The van der Waals surface area contributed by atoms with Crippen LogP contribution in [0.15, 0.2) is 42.5 Å². The lowest BCUT2D eigenvalue weighted by Gasteiger charge is -2.15. The minimum atomic E-state index is -0.418. The molecule has 0 saturated carbocycles. The van der Waals surface area contributed by atoms with Crippen molar-refractivity contribution in [2.45, 2.75) is 32.6 Å². The fraction of sp³-hybridized carbons (Fsp3) is 0.316. The van der Waals surface area contributed by atoms with Crippen LogP contribution in [0, 0.1) is 24.0 Å². The van der Waals surface area contributed by atoms with Gasteiger partial charge in [0.05, 0.1) is 16.7 Å². The predicted octanol–water partition coefficient (Wildman–Crippen LogP) is 4.32. The molecule has 132 valence electrons. The minimum Gasteiger partial charge on any atom is -0.349 e. The molecule has 1 atom stereocenters. The maximum Gasteiger partial charge on any atom is 0.269 e. The highest BCUT2D eigenvalue weighted by atomic mass is 32.2. The number of nitrogens with one attached hydrogen (secondary N) is 1. The first-order valence-electron chi connectivity index (χ1n) is 8.04. The molecule has 0 bridgehead atoms. The van der Waals surface area contributed by atoms with Crippen molar-refractivity contribution >= 4 is 23.4 Å². The van der Waals surface area contributed by atoms with Crippen molar-refractivity contribution in [3.8, 4) is 0 Å². The van der Waals surface area contributed by atoms with Crippen LogP contribution in [0.4, 0.5) is 5.69 Å². The Hall–Kier alpha value is -2.34. The fourth-order valence-corrected chi connectivity index (χ4v) is 3.17. The molecular weight excluding hydrogens is 336 g/mol. The van der Waals surface area contributed by atoms with E-state index >= 15 is 0 Å². The molecule has 2 aromatic carbocycles. The molecule has 0 aliphatic rings. The molecule has 0 spiro atoms. The van der Waals surface area contributed by atoms with Crippen molar-refractivity contribution in [2.75, 3.05) is 5.75 Å². The Bertz CT molecular complexity index is 760. The highest BCUT2D eigenvalue weighted by molar-refractivity contribution is 7.99. The van der Waals surface area contributed by atoms with Gasteiger partial charge in [-0.2, -0.15) is 0 Å². The molecule has 0 heterocycles. The van der Waals surface area contributed by atoms with Crippen molar-refractivity contribution in [1.82, 2.24) is 5.32 Å². The Morgan fingerprint density at radius 2 is 1.84 bits per heavy atom. The van der Waals surface area contributed by atoms with Crippen molar-refractivity contribution in [3.05, 3.63) is 74.8 Å². The van der Waals surface area contributed by atoms with E-state index in [0.29, 0.717) is 11.5 Å². The normalized spacial score (nSPS) is 11.8. The number of non-ortho nitro benzene ring substituents is 1. The second kappa shape index (κ2) is 8.67. The van der Waals surface area contributed by atoms with Crippen molar-refractivity contribution in [1.29, 1.82) is 0 Å². The summed E-state index contributed by atoms with van der Waals surface area (Å²) in [4.78, 5) is 22.3. The molecule has 1 N–H and O–H groups in total. The third kappa shape index (κ3) is 5.60. The molecule has 2 rings (SSSR count). The summed E-state index contributed by atoms with van der Waals surface area (Å²) in [6.45, 7) is 6.10. The first-order valence-corrected chi connectivity index (χ1v) is 9.20. The summed E-state index contributed by atoms with van der Waals surface area (Å²) in [5.41, 5.74) is 4.59. The van der Waals surface area contributed by atoms with E-state index < -0.39 is 4.92 Å². The third-order valence-corrected chi connectivity index (χ3v) is 5.06. The van der Waals surface area contributed by atoms with Gasteiger partial charge < -0.3 is 5.32 Å². The van der Waals surface area contributed by atoms with Crippen LogP contribution in [-0.4, -0.2) is 16.6 Å². The molecule has 0 saturated heterocycles. The van der Waals surface area contributed by atoms with E-state index in [-0.39, 0.29) is 17.6 Å². The zero-order chi connectivity index (χ0) is 18.4. The predicted molar refractivity (Wildman–Crippen MR) is 102 cm³/mol. The van der Waals surface area contributed by atoms with Gasteiger partial charge in [0.15, 0.2) is 0 Å². The topological polar surface area (TPSA) is 72.2 Å². The van der Waals surface area contributed by atoms with Gasteiger partial charge in [0.25, 0.3) is 5.69 Å². The Balaban J connectivity index is 1.79. The van der Waals surface area contributed by atoms with Crippen molar-refractivity contribution in [3.63, 3.8) is 0 Å². The van der Waals surface area contributed by atoms with Crippen LogP contribution >= 0.6 is 11.8 Å². The van der Waals surface area contributed by atoms with Gasteiger partial charge in [0.2, 0.25) is 5.91 Å². The summed E-state index contributed by atoms with van der Waals surface area (Å²) in [5.74, 6) is 0.980. The molecule has 6 heteroatoms. The van der Waals surface area contributed by atoms with Gasteiger partial charge in [-0.25, -0.2) is 0 Å². The van der Waals surface area contributed by atoms with Crippen LogP contribution in [0.3, 0.4) is 0 Å². The smallest absolute Gasteiger partial charge is 0.269 e. The monoisotopic (exact) mass is 358 g/mol. The van der Waals surface area contributed by atoms with Gasteiger partial charge in [-0.1, -0.05) is 30.3 Å². The first kappa shape index (κ1) is 19.0. The Labute approximate surface area is 152 Å². The van der Waals surface area contributed by atoms with Gasteiger partial charge in [0, 0.05) is 17.9 Å². The SMILES string of the molecule is Cc1ccc(C(C)NC(=O)CSCc2ccc([N+](=O)[O-])cc2)cc1C. The number of aryl methyl sites for hydroxylation is 2. The van der Waals surface area contributed by atoms with E-state index in [4.69, 9.17) is 0 Å². The van der Waals surface area contributed by atoms with Crippen molar-refractivity contribution in [2.24, 2.45) is 0 Å². The molecule has 0 aliphatic heterocycles. The van der Waals surface area contributed by atoms with Crippen LogP contribution in [0.1, 0.15) is 35.2 Å². The number of benzene rings is 2. The van der Waals surface area contributed by atoms with Crippen LogP contribution in [0.2, 0.25) is 0 Å². The lowest BCUT2D eigenvalue weighted by atomic mass is 10.0. The lowest BCUT2D eigenvalue weighted by Crippen LogP contribution is -2.28. The van der Waals surface area contributed by atoms with E-state index in [1.807, 2.05) is 13.0 Å². The first-order chi connectivity index (χ1) is 11.9. The number of thioether (sulfide) groups is 1. The lowest BCUT2D eigenvalue weighted by molar-refractivity contribution is -0.384. The second-order valence-corrected chi connectivity index (χ2v) is 7.03. The molecule has 1 unspecified atom stereocenters. The summed E-state index contributed by atoms with van der Waals surface area (Å²) in [6.07, 6.45) is 0. The van der Waals surface area contributed by atoms with Gasteiger partial charge in [-0.3, -0.25) is 14.9 Å². The third-order valence-electron chi connectivity index (χ3n) is 4.06. The summed E-state index contributed by atoms with van der Waals surface area (Å²) in [6, 6.07) is 12.6. The Kier molecular flexibility index (Phi) is 6.58. The summed E-state index contributed by atoms with van der Waals surface area (Å²) >= 11 is 1.49. The average molecular weight is 358 g/mol. The number of hydrogen-bond donors (Lipinski definition) is 1.